The number of nitro groups is 1. The van der Waals surface area contributed by atoms with E-state index >= 15 is 0 Å². The third kappa shape index (κ3) is 4.41. The van der Waals surface area contributed by atoms with Gasteiger partial charge < -0.3 is 9.47 Å². The minimum absolute atomic E-state index is 0.0517. The number of rotatable bonds is 8. The highest BCUT2D eigenvalue weighted by Gasteiger charge is 2.30. The lowest BCUT2D eigenvalue weighted by Crippen LogP contribution is -2.21. The van der Waals surface area contributed by atoms with Gasteiger partial charge in [-0.2, -0.15) is 15.1 Å². The summed E-state index contributed by atoms with van der Waals surface area (Å²) in [7, 11) is 1.40. The van der Waals surface area contributed by atoms with Crippen molar-refractivity contribution in [2.45, 2.75) is 26.6 Å². The van der Waals surface area contributed by atoms with Crippen molar-refractivity contribution < 1.29 is 18.8 Å². The summed E-state index contributed by atoms with van der Waals surface area (Å²) in [5, 5.41) is 20.3. The molecule has 34 heavy (non-hydrogen) atoms. The third-order valence-corrected chi connectivity index (χ3v) is 5.16. The van der Waals surface area contributed by atoms with E-state index in [0.717, 1.165) is 0 Å². The Morgan fingerprint density at radius 3 is 2.65 bits per heavy atom. The van der Waals surface area contributed by atoms with Gasteiger partial charge in [0.15, 0.2) is 17.0 Å². The van der Waals surface area contributed by atoms with Crippen LogP contribution < -0.4 is 9.47 Å². The zero-order valence-corrected chi connectivity index (χ0v) is 19.4. The molecule has 0 aromatic carbocycles. The Bertz CT molecular complexity index is 1390. The van der Waals surface area contributed by atoms with Gasteiger partial charge in [0.1, 0.15) is 23.8 Å². The van der Waals surface area contributed by atoms with Crippen LogP contribution in [0.15, 0.2) is 12.4 Å². The molecule has 13 nitrogen and oxygen atoms in total. The van der Waals surface area contributed by atoms with Gasteiger partial charge >= 0.3 is 11.6 Å². The number of ether oxygens (including phenoxy) is 2. The van der Waals surface area contributed by atoms with Crippen molar-refractivity contribution in [3.05, 3.63) is 44.5 Å². The van der Waals surface area contributed by atoms with Crippen LogP contribution in [-0.2, 0) is 6.54 Å². The Balaban J connectivity index is 1.58. The van der Waals surface area contributed by atoms with Gasteiger partial charge in [0.25, 0.3) is 0 Å². The molecule has 16 heteroatoms. The van der Waals surface area contributed by atoms with Crippen molar-refractivity contribution in [3.63, 3.8) is 0 Å². The molecule has 178 valence electrons. The lowest BCUT2D eigenvalue weighted by Gasteiger charge is -2.09. The molecule has 0 unspecified atom stereocenters. The molecule has 0 bridgehead atoms. The lowest BCUT2D eigenvalue weighted by atomic mass is 10.3. The van der Waals surface area contributed by atoms with Crippen LogP contribution in [0.4, 0.5) is 10.1 Å². The number of aryl methyl sites for hydroxylation is 1. The molecule has 4 heterocycles. The molecule has 1 atom stereocenters. The third-order valence-electron chi connectivity index (χ3n) is 4.70. The molecule has 0 aliphatic carbocycles. The summed E-state index contributed by atoms with van der Waals surface area (Å²) in [6, 6.07) is 0. The highest BCUT2D eigenvalue weighted by Crippen LogP contribution is 2.33. The van der Waals surface area contributed by atoms with Crippen molar-refractivity contribution in [1.82, 2.24) is 39.5 Å². The predicted octanol–water partition coefficient (Wildman–Crippen LogP) is 3.06. The van der Waals surface area contributed by atoms with Gasteiger partial charge in [-0.15, -0.1) is 5.10 Å². The maximum absolute atomic E-state index is 14.8. The first-order chi connectivity index (χ1) is 16.2. The molecule has 0 radical (unpaired) electrons. The maximum Gasteiger partial charge on any atom is 0.353 e. The molecule has 0 N–H and O–H groups in total. The number of fused-ring (bicyclic) bond motifs is 1. The summed E-state index contributed by atoms with van der Waals surface area (Å²) in [4.78, 5) is 27.1. The number of alkyl halides is 1. The van der Waals surface area contributed by atoms with Gasteiger partial charge in [0.2, 0.25) is 11.2 Å². The fourth-order valence-electron chi connectivity index (χ4n) is 3.19. The molecule has 0 amide bonds. The SMILES string of the molecule is COc1nc(C)ncc1-n1nc(OC[C@@H](F)Cn2nc(Cl)c3cnc(Cl)nc32)c([N+](=O)[O-])c1C. The normalized spacial score (nSPS) is 12.2. The molecule has 4 aromatic heterocycles. The van der Waals surface area contributed by atoms with Crippen molar-refractivity contribution >= 4 is 39.9 Å². The van der Waals surface area contributed by atoms with Crippen LogP contribution in [0.3, 0.4) is 0 Å². The summed E-state index contributed by atoms with van der Waals surface area (Å²) >= 11 is 11.8. The van der Waals surface area contributed by atoms with E-state index in [0.29, 0.717) is 11.2 Å². The summed E-state index contributed by atoms with van der Waals surface area (Å²) in [6.07, 6.45) is 1.14. The van der Waals surface area contributed by atoms with Crippen LogP contribution in [0, 0.1) is 24.0 Å². The van der Waals surface area contributed by atoms with Crippen molar-refractivity contribution in [3.8, 4) is 17.4 Å². The average Bonchev–Trinajstić information content (AvgIpc) is 3.28. The Kier molecular flexibility index (Phi) is 6.43. The van der Waals surface area contributed by atoms with Gasteiger partial charge in [-0.05, 0) is 25.4 Å². The molecule has 0 spiro atoms. The van der Waals surface area contributed by atoms with Crippen molar-refractivity contribution in [2.75, 3.05) is 13.7 Å². The molecule has 0 fully saturated rings. The molecule has 4 rings (SSSR count). The van der Waals surface area contributed by atoms with Crippen LogP contribution in [0.1, 0.15) is 11.5 Å². The van der Waals surface area contributed by atoms with Gasteiger partial charge in [0, 0.05) is 6.20 Å². The Hall–Kier alpha value is -3.65. The van der Waals surface area contributed by atoms with E-state index in [9.17, 15) is 14.5 Å². The molecule has 0 saturated heterocycles. The van der Waals surface area contributed by atoms with Crippen LogP contribution in [0.25, 0.3) is 16.7 Å². The zero-order valence-electron chi connectivity index (χ0n) is 17.9. The van der Waals surface area contributed by atoms with Gasteiger partial charge in [0.05, 0.1) is 30.2 Å². The first-order valence-electron chi connectivity index (χ1n) is 9.63. The van der Waals surface area contributed by atoms with Crippen molar-refractivity contribution in [1.29, 1.82) is 0 Å². The van der Waals surface area contributed by atoms with Gasteiger partial charge in [-0.3, -0.25) is 10.1 Å². The summed E-state index contributed by atoms with van der Waals surface area (Å²) < 4.78 is 27.8. The maximum atomic E-state index is 14.8. The topological polar surface area (TPSA) is 149 Å². The predicted molar refractivity (Wildman–Crippen MR) is 118 cm³/mol. The number of aromatic nitrogens is 8. The minimum Gasteiger partial charge on any atom is -0.479 e. The molecule has 0 aliphatic heterocycles. The van der Waals surface area contributed by atoms with E-state index in [1.54, 1.807) is 6.92 Å². The minimum atomic E-state index is -1.64. The highest BCUT2D eigenvalue weighted by molar-refractivity contribution is 6.34. The standard InChI is InChI=1S/C18H16Cl2FN9O4/c1-8-13(30(31)32)17(27-29(8)12-5-22-9(2)24-16(12)33-3)34-7-10(21)6-28-15-11(14(19)26-28)4-23-18(20)25-15/h4-5,10H,6-7H2,1-3H3/t10-/m0/s1. The number of hydrogen-bond donors (Lipinski definition) is 0. The molecule has 0 saturated carbocycles. The average molecular weight is 512 g/mol. The second-order valence-corrected chi connectivity index (χ2v) is 7.67. The smallest absolute Gasteiger partial charge is 0.353 e. The largest absolute Gasteiger partial charge is 0.479 e. The second-order valence-electron chi connectivity index (χ2n) is 6.98. The number of halogens is 3. The lowest BCUT2D eigenvalue weighted by molar-refractivity contribution is -0.386. The molecular weight excluding hydrogens is 496 g/mol. The Labute approximate surface area is 200 Å². The molecular formula is C18H16Cl2FN9O4. The van der Waals surface area contributed by atoms with E-state index in [2.05, 4.69) is 30.1 Å². The second kappa shape index (κ2) is 9.30. The number of hydrogen-bond acceptors (Lipinski definition) is 10. The Morgan fingerprint density at radius 1 is 1.18 bits per heavy atom. The summed E-state index contributed by atoms with van der Waals surface area (Å²) in [5.74, 6) is 0.224. The first kappa shape index (κ1) is 23.5. The summed E-state index contributed by atoms with van der Waals surface area (Å²) in [5.41, 5.74) is 0.194. The quantitative estimate of drug-likeness (QED) is 0.196. The van der Waals surface area contributed by atoms with Crippen LogP contribution in [-0.4, -0.2) is 64.3 Å². The summed E-state index contributed by atoms with van der Waals surface area (Å²) in [6.45, 7) is 2.27. The first-order valence-corrected chi connectivity index (χ1v) is 10.4. The molecule has 4 aromatic rings. The van der Waals surface area contributed by atoms with E-state index in [4.69, 9.17) is 32.7 Å². The van der Waals surface area contributed by atoms with Gasteiger partial charge in [-0.1, -0.05) is 11.6 Å². The van der Waals surface area contributed by atoms with Crippen LogP contribution in [0.5, 0.6) is 11.8 Å². The van der Waals surface area contributed by atoms with E-state index in [1.807, 2.05) is 0 Å². The monoisotopic (exact) mass is 511 g/mol. The number of methoxy groups -OCH3 is 1. The zero-order chi connectivity index (χ0) is 24.6. The fourth-order valence-corrected chi connectivity index (χ4v) is 3.54. The van der Waals surface area contributed by atoms with E-state index in [1.165, 1.54) is 35.8 Å². The Morgan fingerprint density at radius 2 is 1.94 bits per heavy atom. The molecule has 0 aliphatic rings. The van der Waals surface area contributed by atoms with E-state index in [-0.39, 0.29) is 45.8 Å². The number of nitrogens with zero attached hydrogens (tertiary/aromatic N) is 9. The van der Waals surface area contributed by atoms with Crippen molar-refractivity contribution in [2.24, 2.45) is 0 Å². The van der Waals surface area contributed by atoms with Crippen LogP contribution in [0.2, 0.25) is 10.4 Å². The van der Waals surface area contributed by atoms with Gasteiger partial charge in [-0.25, -0.2) is 23.7 Å². The van der Waals surface area contributed by atoms with Crippen LogP contribution >= 0.6 is 23.2 Å². The van der Waals surface area contributed by atoms with E-state index < -0.39 is 23.4 Å². The highest BCUT2D eigenvalue weighted by atomic mass is 35.5. The fraction of sp³-hybridized carbons (Fsp3) is 0.333.